The van der Waals surface area contributed by atoms with Crippen LogP contribution in [0.1, 0.15) is 0 Å². The van der Waals surface area contributed by atoms with Gasteiger partial charge >= 0.3 is 6.18 Å². The van der Waals surface area contributed by atoms with Crippen LogP contribution in [0.3, 0.4) is 0 Å². The number of carbonyl (C=O) groups excluding carboxylic acids is 1. The Bertz CT molecular complexity index is 529. The number of piperazine rings is 1. The van der Waals surface area contributed by atoms with E-state index >= 15 is 0 Å². The molecule has 0 saturated carbocycles. The van der Waals surface area contributed by atoms with Gasteiger partial charge in [-0.25, -0.2) is 0 Å². The SMILES string of the molecule is COc1cccc(N2CCN(C(=O)COCC(F)(F)F)CC2)c1. The zero-order valence-corrected chi connectivity index (χ0v) is 12.8. The molecule has 0 N–H and O–H groups in total. The van der Waals surface area contributed by atoms with Crippen LogP contribution >= 0.6 is 0 Å². The number of nitrogens with zero attached hydrogens (tertiary/aromatic N) is 2. The molecule has 0 atom stereocenters. The Morgan fingerprint density at radius 1 is 1.22 bits per heavy atom. The first-order valence-electron chi connectivity index (χ1n) is 7.20. The van der Waals surface area contributed by atoms with Gasteiger partial charge in [0.2, 0.25) is 5.91 Å². The highest BCUT2D eigenvalue weighted by atomic mass is 19.4. The number of carbonyl (C=O) groups is 1. The molecule has 0 bridgehead atoms. The third kappa shape index (κ3) is 5.31. The molecule has 0 aliphatic carbocycles. The molecule has 1 fully saturated rings. The summed E-state index contributed by atoms with van der Waals surface area (Å²) in [5.41, 5.74) is 0.991. The van der Waals surface area contributed by atoms with Crippen LogP contribution in [0.25, 0.3) is 0 Å². The number of halogens is 3. The van der Waals surface area contributed by atoms with Crippen molar-refractivity contribution in [3.05, 3.63) is 24.3 Å². The van der Waals surface area contributed by atoms with Gasteiger partial charge in [0.25, 0.3) is 0 Å². The Labute approximate surface area is 132 Å². The Hall–Kier alpha value is -1.96. The predicted molar refractivity (Wildman–Crippen MR) is 78.7 cm³/mol. The molecule has 1 amide bonds. The van der Waals surface area contributed by atoms with Gasteiger partial charge in [-0.2, -0.15) is 13.2 Å². The fourth-order valence-electron chi connectivity index (χ4n) is 2.37. The zero-order valence-electron chi connectivity index (χ0n) is 12.8. The van der Waals surface area contributed by atoms with Gasteiger partial charge in [-0.1, -0.05) is 6.07 Å². The topological polar surface area (TPSA) is 42.0 Å². The second kappa shape index (κ2) is 7.54. The van der Waals surface area contributed by atoms with Crippen molar-refractivity contribution in [3.8, 4) is 5.75 Å². The summed E-state index contributed by atoms with van der Waals surface area (Å²) < 4.78 is 45.5. The summed E-state index contributed by atoms with van der Waals surface area (Å²) in [5, 5.41) is 0. The van der Waals surface area contributed by atoms with Crippen LogP contribution in [0.5, 0.6) is 5.75 Å². The van der Waals surface area contributed by atoms with Gasteiger partial charge in [0, 0.05) is 37.9 Å². The van der Waals surface area contributed by atoms with Crippen LogP contribution in [0.15, 0.2) is 24.3 Å². The average Bonchev–Trinajstić information content (AvgIpc) is 2.54. The van der Waals surface area contributed by atoms with E-state index in [1.807, 2.05) is 24.3 Å². The Morgan fingerprint density at radius 2 is 1.91 bits per heavy atom. The van der Waals surface area contributed by atoms with Crippen molar-refractivity contribution in [2.45, 2.75) is 6.18 Å². The molecule has 2 rings (SSSR count). The fraction of sp³-hybridized carbons (Fsp3) is 0.533. The summed E-state index contributed by atoms with van der Waals surface area (Å²) >= 11 is 0. The van der Waals surface area contributed by atoms with Gasteiger partial charge < -0.3 is 19.3 Å². The molecular weight excluding hydrogens is 313 g/mol. The van der Waals surface area contributed by atoms with Crippen molar-refractivity contribution in [2.24, 2.45) is 0 Å². The lowest BCUT2D eigenvalue weighted by molar-refractivity contribution is -0.177. The van der Waals surface area contributed by atoms with Crippen LogP contribution < -0.4 is 9.64 Å². The van der Waals surface area contributed by atoms with Crippen LogP contribution in [-0.4, -0.2) is 63.5 Å². The molecule has 0 unspecified atom stereocenters. The second-order valence-corrected chi connectivity index (χ2v) is 5.18. The molecule has 128 valence electrons. The molecule has 1 saturated heterocycles. The molecule has 1 aromatic rings. The maximum absolute atomic E-state index is 12.0. The largest absolute Gasteiger partial charge is 0.497 e. The highest BCUT2D eigenvalue weighted by molar-refractivity contribution is 5.77. The van der Waals surface area contributed by atoms with E-state index in [-0.39, 0.29) is 0 Å². The van der Waals surface area contributed by atoms with Crippen LogP contribution in [0.2, 0.25) is 0 Å². The predicted octanol–water partition coefficient (Wildman–Crippen LogP) is 1.92. The molecule has 5 nitrogen and oxygen atoms in total. The van der Waals surface area contributed by atoms with Gasteiger partial charge in [-0.15, -0.1) is 0 Å². The Balaban J connectivity index is 1.80. The maximum atomic E-state index is 12.0. The van der Waals surface area contributed by atoms with Gasteiger partial charge in [0.05, 0.1) is 7.11 Å². The fourth-order valence-corrected chi connectivity index (χ4v) is 2.37. The van der Waals surface area contributed by atoms with Crippen molar-refractivity contribution < 1.29 is 27.4 Å². The van der Waals surface area contributed by atoms with E-state index in [0.717, 1.165) is 11.4 Å². The zero-order chi connectivity index (χ0) is 16.9. The second-order valence-electron chi connectivity index (χ2n) is 5.18. The van der Waals surface area contributed by atoms with Crippen molar-refractivity contribution in [1.82, 2.24) is 4.90 Å². The summed E-state index contributed by atoms with van der Waals surface area (Å²) in [6.07, 6.45) is -4.41. The summed E-state index contributed by atoms with van der Waals surface area (Å²) in [4.78, 5) is 15.4. The number of hydrogen-bond donors (Lipinski definition) is 0. The first kappa shape index (κ1) is 17.4. The van der Waals surface area contributed by atoms with Crippen LogP contribution in [0, 0.1) is 0 Å². The third-order valence-corrected chi connectivity index (χ3v) is 3.54. The van der Waals surface area contributed by atoms with E-state index < -0.39 is 25.3 Å². The summed E-state index contributed by atoms with van der Waals surface area (Å²) in [6.45, 7) is 0.175. The third-order valence-electron chi connectivity index (χ3n) is 3.54. The quantitative estimate of drug-likeness (QED) is 0.826. The molecule has 1 aliphatic rings. The van der Waals surface area contributed by atoms with Crippen molar-refractivity contribution >= 4 is 11.6 Å². The minimum Gasteiger partial charge on any atom is -0.497 e. The molecule has 8 heteroatoms. The lowest BCUT2D eigenvalue weighted by atomic mass is 10.2. The van der Waals surface area contributed by atoms with E-state index in [1.54, 1.807) is 7.11 Å². The minimum atomic E-state index is -4.41. The molecule has 1 aromatic carbocycles. The smallest absolute Gasteiger partial charge is 0.411 e. The Morgan fingerprint density at radius 3 is 2.52 bits per heavy atom. The van der Waals surface area contributed by atoms with Gasteiger partial charge in [0.15, 0.2) is 0 Å². The monoisotopic (exact) mass is 332 g/mol. The molecule has 0 aromatic heterocycles. The maximum Gasteiger partial charge on any atom is 0.411 e. The number of anilines is 1. The normalized spacial score (nSPS) is 15.7. The van der Waals surface area contributed by atoms with E-state index in [0.29, 0.717) is 26.2 Å². The number of hydrogen-bond acceptors (Lipinski definition) is 4. The van der Waals surface area contributed by atoms with E-state index in [1.165, 1.54) is 4.90 Å². The minimum absolute atomic E-state index is 0.417. The van der Waals surface area contributed by atoms with Crippen LogP contribution in [0.4, 0.5) is 18.9 Å². The van der Waals surface area contributed by atoms with Gasteiger partial charge in [0.1, 0.15) is 19.0 Å². The molecular formula is C15H19F3N2O3. The molecule has 1 heterocycles. The van der Waals surface area contributed by atoms with E-state index in [4.69, 9.17) is 4.74 Å². The first-order chi connectivity index (χ1) is 10.9. The number of ether oxygens (including phenoxy) is 2. The number of alkyl halides is 3. The molecule has 0 spiro atoms. The first-order valence-corrected chi connectivity index (χ1v) is 7.20. The molecule has 0 radical (unpaired) electrons. The van der Waals surface area contributed by atoms with Crippen molar-refractivity contribution in [2.75, 3.05) is 51.4 Å². The van der Waals surface area contributed by atoms with Gasteiger partial charge in [-0.3, -0.25) is 4.79 Å². The molecule has 1 aliphatic heterocycles. The number of rotatable bonds is 5. The summed E-state index contributed by atoms with van der Waals surface area (Å²) in [7, 11) is 1.59. The van der Waals surface area contributed by atoms with Crippen LogP contribution in [-0.2, 0) is 9.53 Å². The summed E-state index contributed by atoms with van der Waals surface area (Å²) in [6, 6.07) is 7.59. The summed E-state index contributed by atoms with van der Waals surface area (Å²) in [5.74, 6) is 0.334. The number of benzene rings is 1. The van der Waals surface area contributed by atoms with E-state index in [2.05, 4.69) is 9.64 Å². The lowest BCUT2D eigenvalue weighted by Crippen LogP contribution is -2.49. The average molecular weight is 332 g/mol. The van der Waals surface area contributed by atoms with Crippen molar-refractivity contribution in [3.63, 3.8) is 0 Å². The number of methoxy groups -OCH3 is 1. The standard InChI is InChI=1S/C15H19F3N2O3/c1-22-13-4-2-3-12(9-13)19-5-7-20(8-6-19)14(21)10-23-11-15(16,17)18/h2-4,9H,5-8,10-11H2,1H3. The highest BCUT2D eigenvalue weighted by Crippen LogP contribution is 2.22. The molecule has 23 heavy (non-hydrogen) atoms. The highest BCUT2D eigenvalue weighted by Gasteiger charge is 2.28. The van der Waals surface area contributed by atoms with Gasteiger partial charge in [-0.05, 0) is 12.1 Å². The number of amides is 1. The van der Waals surface area contributed by atoms with Crippen molar-refractivity contribution in [1.29, 1.82) is 0 Å². The van der Waals surface area contributed by atoms with E-state index in [9.17, 15) is 18.0 Å². The lowest BCUT2D eigenvalue weighted by Gasteiger charge is -2.36. The Kier molecular flexibility index (Phi) is 5.70.